The molecule has 3 amide bonds. The minimum atomic E-state index is -0.602. The molecule has 44 heavy (non-hydrogen) atoms. The molecule has 0 radical (unpaired) electrons. The Morgan fingerprint density at radius 1 is 1.09 bits per heavy atom. The van der Waals surface area contributed by atoms with Gasteiger partial charge in [-0.05, 0) is 33.6 Å². The van der Waals surface area contributed by atoms with Gasteiger partial charge in [0, 0.05) is 29.2 Å². The van der Waals surface area contributed by atoms with Gasteiger partial charge < -0.3 is 24.8 Å². The van der Waals surface area contributed by atoms with E-state index in [9.17, 15) is 9.59 Å². The number of hydrogen-bond donors (Lipinski definition) is 2. The number of hydrogen-bond acceptors (Lipinski definition) is 10. The van der Waals surface area contributed by atoms with Crippen LogP contribution in [0.1, 0.15) is 57.7 Å². The Hall–Kier alpha value is -3.55. The van der Waals surface area contributed by atoms with E-state index in [0.717, 1.165) is 25.7 Å². The lowest BCUT2D eigenvalue weighted by Crippen LogP contribution is -2.50. The molecule has 3 aromatic rings. The zero-order valence-corrected chi connectivity index (χ0v) is 27.5. The van der Waals surface area contributed by atoms with E-state index in [1.807, 2.05) is 26.2 Å². The van der Waals surface area contributed by atoms with Gasteiger partial charge in [0.15, 0.2) is 0 Å². The number of benzene rings is 1. The molecule has 1 fully saturated rings. The maximum Gasteiger partial charge on any atom is 0.407 e. The Bertz CT molecular complexity index is 1490. The molecule has 12 nitrogen and oxygen atoms in total. The molecule has 2 atom stereocenters. The van der Waals surface area contributed by atoms with Crippen LogP contribution < -0.4 is 29.9 Å². The summed E-state index contributed by atoms with van der Waals surface area (Å²) in [5, 5.41) is 8.62. The molecular weight excluding hydrogens is 629 g/mol. The van der Waals surface area contributed by atoms with Gasteiger partial charge in [-0.3, -0.25) is 9.80 Å². The van der Waals surface area contributed by atoms with Gasteiger partial charge in [-0.25, -0.2) is 19.6 Å². The molecule has 1 aromatic carbocycles. The van der Waals surface area contributed by atoms with Crippen molar-refractivity contribution in [3.05, 3.63) is 44.5 Å². The predicted molar refractivity (Wildman–Crippen MR) is 171 cm³/mol. The number of carbonyl (C=O) groups excluding carboxylic acids is 2. The fourth-order valence-electron chi connectivity index (χ4n) is 5.29. The summed E-state index contributed by atoms with van der Waals surface area (Å²) >= 11 is 14.8. The summed E-state index contributed by atoms with van der Waals surface area (Å²) in [7, 11) is 2.95. The molecular formula is C29H35Cl2N7O5S. The molecule has 0 bridgehead atoms. The quantitative estimate of drug-likeness (QED) is 0.272. The van der Waals surface area contributed by atoms with E-state index in [1.165, 1.54) is 35.4 Å². The van der Waals surface area contributed by atoms with Crippen LogP contribution in [-0.4, -0.2) is 59.0 Å². The van der Waals surface area contributed by atoms with E-state index in [0.29, 0.717) is 34.5 Å². The van der Waals surface area contributed by atoms with Crippen LogP contribution in [0.25, 0.3) is 0 Å². The largest absolute Gasteiger partial charge is 0.495 e. The number of fused-ring (bicyclic) bond motifs is 1. The maximum atomic E-state index is 14.2. The van der Waals surface area contributed by atoms with E-state index >= 15 is 0 Å². The predicted octanol–water partition coefficient (Wildman–Crippen LogP) is 6.65. The standard InChI is InChI=1S/C29H35Cl2N7O5S/c1-29(2,3)43-27(39)35-19-9-7-6-8-18(19)34-26-32-11-16-12-37(24-22(30)20(41-4)10-21(42-5)23(24)31)28(40)38(25(16)36-26)13-17-14-44-15-33-17/h10-11,14-15,18-19H,6-9,12-13H2,1-5H3,(H,35,39)(H,32,34,36). The highest BCUT2D eigenvalue weighted by molar-refractivity contribution is 7.07. The molecule has 15 heteroatoms. The molecule has 1 aliphatic carbocycles. The number of carbonyl (C=O) groups is 2. The minimum absolute atomic E-state index is 0.101. The highest BCUT2D eigenvalue weighted by Gasteiger charge is 2.37. The van der Waals surface area contributed by atoms with Crippen molar-refractivity contribution in [1.82, 2.24) is 20.3 Å². The van der Waals surface area contributed by atoms with Gasteiger partial charge in [-0.15, -0.1) is 11.3 Å². The van der Waals surface area contributed by atoms with E-state index in [4.69, 9.17) is 42.4 Å². The van der Waals surface area contributed by atoms with Crippen molar-refractivity contribution in [1.29, 1.82) is 0 Å². The molecule has 5 rings (SSSR count). The highest BCUT2D eigenvalue weighted by Crippen LogP contribution is 2.48. The lowest BCUT2D eigenvalue weighted by Gasteiger charge is -2.37. The van der Waals surface area contributed by atoms with Crippen molar-refractivity contribution >= 4 is 64.1 Å². The normalized spacial score (nSPS) is 18.5. The van der Waals surface area contributed by atoms with Gasteiger partial charge in [0.1, 0.15) is 33.0 Å². The number of urea groups is 1. The van der Waals surface area contributed by atoms with Crippen LogP contribution in [0.15, 0.2) is 23.2 Å². The fourth-order valence-corrected chi connectivity index (χ4v) is 6.55. The van der Waals surface area contributed by atoms with E-state index in [1.54, 1.807) is 17.8 Å². The summed E-state index contributed by atoms with van der Waals surface area (Å²) in [6.07, 6.45) is 4.78. The molecule has 236 valence electrons. The van der Waals surface area contributed by atoms with Gasteiger partial charge in [-0.2, -0.15) is 4.98 Å². The number of amides is 3. The van der Waals surface area contributed by atoms with Crippen LogP contribution in [0.4, 0.5) is 27.0 Å². The summed E-state index contributed by atoms with van der Waals surface area (Å²) in [5.41, 5.74) is 2.72. The Morgan fingerprint density at radius 3 is 2.39 bits per heavy atom. The Balaban J connectivity index is 1.47. The van der Waals surface area contributed by atoms with Crippen molar-refractivity contribution in [2.24, 2.45) is 0 Å². The van der Waals surface area contributed by atoms with E-state index in [-0.39, 0.29) is 40.9 Å². The molecule has 2 N–H and O–H groups in total. The van der Waals surface area contributed by atoms with Crippen LogP contribution in [-0.2, 0) is 17.8 Å². The molecule has 2 unspecified atom stereocenters. The number of methoxy groups -OCH3 is 2. The van der Waals surface area contributed by atoms with Gasteiger partial charge >= 0.3 is 12.1 Å². The van der Waals surface area contributed by atoms with Crippen molar-refractivity contribution in [2.75, 3.05) is 29.3 Å². The lowest BCUT2D eigenvalue weighted by atomic mass is 9.90. The van der Waals surface area contributed by atoms with Crippen LogP contribution in [0.2, 0.25) is 10.0 Å². The first kappa shape index (κ1) is 31.9. The number of nitrogens with one attached hydrogen (secondary N) is 2. The third kappa shape index (κ3) is 6.89. The molecule has 2 aromatic heterocycles. The van der Waals surface area contributed by atoms with Gasteiger partial charge in [0.25, 0.3) is 0 Å². The first-order valence-electron chi connectivity index (χ1n) is 14.2. The molecule has 3 heterocycles. The number of thiazole rings is 1. The van der Waals surface area contributed by atoms with Crippen molar-refractivity contribution in [2.45, 2.75) is 77.2 Å². The van der Waals surface area contributed by atoms with Crippen molar-refractivity contribution in [3.8, 4) is 11.5 Å². The Labute approximate surface area is 270 Å². The topological polar surface area (TPSA) is 131 Å². The number of rotatable bonds is 8. The van der Waals surface area contributed by atoms with Crippen molar-refractivity contribution < 1.29 is 23.8 Å². The first-order chi connectivity index (χ1) is 21.0. The first-order valence-corrected chi connectivity index (χ1v) is 15.9. The molecule has 1 aliphatic heterocycles. The summed E-state index contributed by atoms with van der Waals surface area (Å²) < 4.78 is 16.4. The number of aromatic nitrogens is 3. The average Bonchev–Trinajstić information content (AvgIpc) is 3.49. The molecule has 2 aliphatic rings. The maximum absolute atomic E-state index is 14.2. The van der Waals surface area contributed by atoms with Crippen molar-refractivity contribution in [3.63, 3.8) is 0 Å². The lowest BCUT2D eigenvalue weighted by molar-refractivity contribution is 0.0488. The Morgan fingerprint density at radius 2 is 1.77 bits per heavy atom. The van der Waals surface area contributed by atoms with Crippen LogP contribution in [0.3, 0.4) is 0 Å². The van der Waals surface area contributed by atoms with Gasteiger partial charge in [0.05, 0.1) is 50.2 Å². The molecule has 0 saturated heterocycles. The van der Waals surface area contributed by atoms with E-state index in [2.05, 4.69) is 20.6 Å². The zero-order chi connectivity index (χ0) is 31.6. The van der Waals surface area contributed by atoms with Gasteiger partial charge in [-0.1, -0.05) is 36.0 Å². The number of nitrogens with zero attached hydrogens (tertiary/aromatic N) is 5. The average molecular weight is 665 g/mol. The summed E-state index contributed by atoms with van der Waals surface area (Å²) in [4.78, 5) is 43.5. The second kappa shape index (κ2) is 13.2. The second-order valence-corrected chi connectivity index (χ2v) is 13.0. The van der Waals surface area contributed by atoms with E-state index < -0.39 is 17.7 Å². The summed E-state index contributed by atoms with van der Waals surface area (Å²) in [6, 6.07) is 0.866. The summed E-state index contributed by atoms with van der Waals surface area (Å²) in [5.74, 6) is 1.40. The summed E-state index contributed by atoms with van der Waals surface area (Å²) in [6.45, 7) is 5.75. The smallest absolute Gasteiger partial charge is 0.407 e. The number of halogens is 2. The van der Waals surface area contributed by atoms with Gasteiger partial charge in [0.2, 0.25) is 5.95 Å². The third-order valence-corrected chi connectivity index (χ3v) is 8.66. The molecule has 1 saturated carbocycles. The van der Waals surface area contributed by atoms with Crippen LogP contribution in [0.5, 0.6) is 11.5 Å². The van der Waals surface area contributed by atoms with Crippen LogP contribution in [0, 0.1) is 0 Å². The zero-order valence-electron chi connectivity index (χ0n) is 25.1. The van der Waals surface area contributed by atoms with Crippen LogP contribution >= 0.6 is 34.5 Å². The second-order valence-electron chi connectivity index (χ2n) is 11.5. The number of anilines is 3. The number of ether oxygens (including phenoxy) is 3. The number of alkyl carbamates (subject to hydrolysis) is 1. The third-order valence-electron chi connectivity index (χ3n) is 7.29. The molecule has 0 spiro atoms. The monoisotopic (exact) mass is 663 g/mol. The Kier molecular flexibility index (Phi) is 9.56. The minimum Gasteiger partial charge on any atom is -0.495 e. The SMILES string of the molecule is COc1cc(OC)c(Cl)c(N2Cc3cnc(NC4CCCCC4NC(=O)OC(C)(C)C)nc3N(Cc3cscn3)C2=O)c1Cl. The highest BCUT2D eigenvalue weighted by atomic mass is 35.5. The fraction of sp³-hybridized carbons (Fsp3) is 0.483.